The van der Waals surface area contributed by atoms with E-state index in [0.717, 1.165) is 0 Å². The lowest BCUT2D eigenvalue weighted by atomic mass is 10.8. The fourth-order valence-corrected chi connectivity index (χ4v) is 0.509. The maximum absolute atomic E-state index is 5.32. The lowest BCUT2D eigenvalue weighted by Crippen LogP contribution is -3.00. The molecular weight excluding hydrogens is 168 g/mol. The van der Waals surface area contributed by atoms with Crippen LogP contribution in [0.2, 0.25) is 0 Å². The van der Waals surface area contributed by atoms with Gasteiger partial charge in [-0.05, 0) is 0 Å². The van der Waals surface area contributed by atoms with E-state index in [1.165, 1.54) is 0 Å². The van der Waals surface area contributed by atoms with Gasteiger partial charge in [0.25, 0.3) is 0 Å². The van der Waals surface area contributed by atoms with Gasteiger partial charge in [0.05, 0.1) is 13.8 Å². The molecule has 0 aliphatic rings. The van der Waals surface area contributed by atoms with Crippen molar-refractivity contribution in [1.29, 1.82) is 0 Å². The Hall–Kier alpha value is 0.320. The summed E-state index contributed by atoms with van der Waals surface area (Å²) >= 11 is 10.6. The maximum atomic E-state index is 5.32. The van der Waals surface area contributed by atoms with E-state index >= 15 is 0 Å². The summed E-state index contributed by atoms with van der Waals surface area (Å²) in [5.74, 6) is 0. The molecule has 0 atom stereocenters. The zero-order valence-corrected chi connectivity index (χ0v) is 6.85. The van der Waals surface area contributed by atoms with Gasteiger partial charge in [-0.1, -0.05) is 4.67 Å². The second-order valence-corrected chi connectivity index (χ2v) is 2.20. The van der Waals surface area contributed by atoms with E-state index in [0.29, 0.717) is 10.3 Å². The molecule has 0 aromatic heterocycles. The number of hydrogen-bond donors (Lipinski definition) is 0. The molecule has 0 aliphatic carbocycles. The molecular formula is C4H6Cl3N. The molecule has 0 unspecified atom stereocenters. The topological polar surface area (TPSA) is 14.1 Å². The average Bonchev–Trinajstić information content (AvgIpc) is 1.27. The third-order valence-electron chi connectivity index (χ3n) is 0.308. The van der Waals surface area contributed by atoms with E-state index in [9.17, 15) is 0 Å². The first-order valence-electron chi connectivity index (χ1n) is 1.83. The van der Waals surface area contributed by atoms with Crippen LogP contribution >= 0.6 is 23.2 Å². The Kier molecular flexibility index (Phi) is 7.61. The first kappa shape index (κ1) is 11.2. The van der Waals surface area contributed by atoms with Crippen molar-refractivity contribution < 1.29 is 12.4 Å². The minimum Gasteiger partial charge on any atom is -1.00 e. The van der Waals surface area contributed by atoms with Crippen molar-refractivity contribution in [3.63, 3.8) is 0 Å². The zero-order chi connectivity index (χ0) is 5.86. The third-order valence-corrected chi connectivity index (χ3v) is 0.477. The van der Waals surface area contributed by atoms with Crippen LogP contribution < -0.4 is 17.1 Å². The van der Waals surface area contributed by atoms with Gasteiger partial charge >= 0.3 is 10.3 Å². The van der Waals surface area contributed by atoms with Gasteiger partial charge in [-0.3, -0.25) is 0 Å². The molecule has 0 rings (SSSR count). The molecule has 0 spiro atoms. The number of rotatable bonds is 0. The highest BCUT2D eigenvalue weighted by Gasteiger charge is 1.93. The summed E-state index contributed by atoms with van der Waals surface area (Å²) < 4.78 is 3.64. The molecule has 0 heterocycles. The molecule has 0 saturated carbocycles. The van der Waals surface area contributed by atoms with Gasteiger partial charge in [-0.2, -0.15) is 0 Å². The summed E-state index contributed by atoms with van der Waals surface area (Å²) in [7, 11) is 0. The van der Waals surface area contributed by atoms with E-state index in [4.69, 9.17) is 23.2 Å². The van der Waals surface area contributed by atoms with E-state index in [2.05, 4.69) is 4.67 Å². The monoisotopic (exact) mass is 173 g/mol. The Balaban J connectivity index is 0. The lowest BCUT2D eigenvalue weighted by molar-refractivity contribution is -0.00000161. The first-order valence-corrected chi connectivity index (χ1v) is 2.58. The van der Waals surface area contributed by atoms with E-state index in [1.54, 1.807) is 13.8 Å². The van der Waals surface area contributed by atoms with Crippen LogP contribution in [0.3, 0.4) is 0 Å². The number of hydrogen-bond acceptors (Lipinski definition) is 0. The Morgan fingerprint density at radius 2 is 1.38 bits per heavy atom. The van der Waals surface area contributed by atoms with Gasteiger partial charge in [-0.25, -0.2) is 0 Å². The van der Waals surface area contributed by atoms with Crippen molar-refractivity contribution in [3.8, 4) is 0 Å². The summed E-state index contributed by atoms with van der Waals surface area (Å²) in [6.45, 7) is 3.35. The van der Waals surface area contributed by atoms with Crippen molar-refractivity contribution in [2.24, 2.45) is 0 Å². The largest absolute Gasteiger partial charge is 1.00 e. The summed E-state index contributed by atoms with van der Waals surface area (Å²) in [6, 6.07) is 0. The molecule has 0 aromatic rings. The molecule has 8 heavy (non-hydrogen) atoms. The predicted molar refractivity (Wildman–Crippen MR) is 35.2 cm³/mol. The predicted octanol–water partition coefficient (Wildman–Crippen LogP) is -1.63. The van der Waals surface area contributed by atoms with Gasteiger partial charge in [0.2, 0.25) is 0 Å². The smallest absolute Gasteiger partial charge is 0.370 e. The molecule has 0 radical (unpaired) electrons. The first-order chi connectivity index (χ1) is 3.13. The van der Waals surface area contributed by atoms with Crippen LogP contribution in [0.5, 0.6) is 0 Å². The SMILES string of the molecule is CC(Cl)=[N+]=C(C)Cl.[Cl-]. The highest BCUT2D eigenvalue weighted by molar-refractivity contribution is 6.68. The Morgan fingerprint density at radius 3 is 1.38 bits per heavy atom. The van der Waals surface area contributed by atoms with Gasteiger partial charge < -0.3 is 12.4 Å². The second-order valence-electron chi connectivity index (χ2n) is 1.11. The molecule has 0 amide bonds. The maximum Gasteiger partial charge on any atom is 0.370 e. The molecule has 0 fully saturated rings. The van der Waals surface area contributed by atoms with Gasteiger partial charge in [0.15, 0.2) is 0 Å². The number of halogens is 3. The minimum atomic E-state index is 0. The van der Waals surface area contributed by atoms with Crippen LogP contribution in [0.25, 0.3) is 0 Å². The fraction of sp³-hybridized carbons (Fsp3) is 0.500. The highest BCUT2D eigenvalue weighted by atomic mass is 35.5. The second kappa shape index (κ2) is 5.46. The summed E-state index contributed by atoms with van der Waals surface area (Å²) in [6.07, 6.45) is 0. The molecule has 1 nitrogen and oxygen atoms in total. The van der Waals surface area contributed by atoms with Crippen molar-refractivity contribution >= 4 is 33.5 Å². The molecule has 0 N–H and O–H groups in total. The summed E-state index contributed by atoms with van der Waals surface area (Å²) in [5, 5.41) is 0.931. The average molecular weight is 174 g/mol. The van der Waals surface area contributed by atoms with Crippen molar-refractivity contribution in [2.75, 3.05) is 0 Å². The standard InChI is InChI=1S/C4H6Cl2N.ClH/c1-3(5)7-4(2)6;/h1-2H3;1H/q+1;/p-1. The van der Waals surface area contributed by atoms with Crippen LogP contribution in [0, 0.1) is 0 Å². The normalized spacial score (nSPS) is 6.50. The summed E-state index contributed by atoms with van der Waals surface area (Å²) in [4.78, 5) is 0. The third kappa shape index (κ3) is 9.58. The number of nitrogens with zero attached hydrogens (tertiary/aromatic N) is 1. The molecule has 0 bridgehead atoms. The van der Waals surface area contributed by atoms with E-state index < -0.39 is 0 Å². The van der Waals surface area contributed by atoms with Gasteiger partial charge in [0.1, 0.15) is 0 Å². The van der Waals surface area contributed by atoms with E-state index in [-0.39, 0.29) is 12.4 Å². The fourth-order valence-electron chi connectivity index (χ4n) is 0.212. The van der Waals surface area contributed by atoms with Crippen molar-refractivity contribution in [3.05, 3.63) is 0 Å². The van der Waals surface area contributed by atoms with Gasteiger partial charge in [-0.15, -0.1) is 0 Å². The van der Waals surface area contributed by atoms with E-state index in [1.807, 2.05) is 0 Å². The van der Waals surface area contributed by atoms with Crippen LogP contribution in [0.15, 0.2) is 0 Å². The quantitative estimate of drug-likeness (QED) is 0.309. The molecule has 48 valence electrons. The molecule has 4 heteroatoms. The zero-order valence-electron chi connectivity index (χ0n) is 4.58. The van der Waals surface area contributed by atoms with Crippen molar-refractivity contribution in [2.45, 2.75) is 13.8 Å². The Bertz CT molecular complexity index is 103. The minimum absolute atomic E-state index is 0. The van der Waals surface area contributed by atoms with Crippen molar-refractivity contribution in [1.82, 2.24) is 4.67 Å². The Labute approximate surface area is 64.8 Å². The Morgan fingerprint density at radius 1 is 1.12 bits per heavy atom. The van der Waals surface area contributed by atoms with Crippen LogP contribution in [-0.4, -0.2) is 10.3 Å². The van der Waals surface area contributed by atoms with Crippen LogP contribution in [-0.2, 0) is 0 Å². The molecule has 0 aliphatic heterocycles. The van der Waals surface area contributed by atoms with Crippen LogP contribution in [0.1, 0.15) is 13.8 Å². The molecule has 0 aromatic carbocycles. The van der Waals surface area contributed by atoms with Gasteiger partial charge in [0, 0.05) is 23.2 Å². The molecule has 0 saturated heterocycles. The summed E-state index contributed by atoms with van der Waals surface area (Å²) in [5.41, 5.74) is 0. The highest BCUT2D eigenvalue weighted by Crippen LogP contribution is 1.75. The lowest BCUT2D eigenvalue weighted by Gasteiger charge is -1.56. The van der Waals surface area contributed by atoms with Crippen LogP contribution in [0.4, 0.5) is 0 Å².